The van der Waals surface area contributed by atoms with Gasteiger partial charge in [-0.2, -0.15) is 0 Å². The first-order valence-electron chi connectivity index (χ1n) is 11.1. The maximum Gasteiger partial charge on any atom is 0.325 e. The Morgan fingerprint density at radius 1 is 1.14 bits per heavy atom. The first-order chi connectivity index (χ1) is 16.8. The summed E-state index contributed by atoms with van der Waals surface area (Å²) in [6, 6.07) is 13.3. The lowest BCUT2D eigenvalue weighted by molar-refractivity contribution is -0.134. The second-order valence-corrected chi connectivity index (χ2v) is 9.11. The fourth-order valence-corrected chi connectivity index (χ4v) is 4.80. The predicted molar refractivity (Wildman–Crippen MR) is 131 cm³/mol. The van der Waals surface area contributed by atoms with E-state index in [2.05, 4.69) is 15.6 Å². The average Bonchev–Trinajstić information content (AvgIpc) is 3.45. The van der Waals surface area contributed by atoms with Gasteiger partial charge in [0, 0.05) is 11.3 Å². The zero-order chi connectivity index (χ0) is 25.1. The minimum Gasteiger partial charge on any atom is -0.497 e. The molecular weight excluding hydrogens is 468 g/mol. The monoisotopic (exact) mass is 494 g/mol. The largest absolute Gasteiger partial charge is 0.497 e. The zero-order valence-electron chi connectivity index (χ0n) is 19.5. The number of methoxy groups -OCH3 is 1. The van der Waals surface area contributed by atoms with Crippen LogP contribution in [0.25, 0.3) is 0 Å². The summed E-state index contributed by atoms with van der Waals surface area (Å²) >= 11 is 1.16. The summed E-state index contributed by atoms with van der Waals surface area (Å²) < 4.78 is 5.17. The highest BCUT2D eigenvalue weighted by molar-refractivity contribution is 7.13. The number of aliphatic hydroxyl groups is 1. The number of hydrogen-bond donors (Lipinski definition) is 3. The predicted octanol–water partition coefficient (Wildman–Crippen LogP) is 3.61. The third kappa shape index (κ3) is 5.03. The number of ether oxygens (including phenoxy) is 1. The first-order valence-corrected chi connectivity index (χ1v) is 11.9. The summed E-state index contributed by atoms with van der Waals surface area (Å²) in [7, 11) is 1.54. The number of thiazole rings is 1. The molecule has 4 rings (SSSR count). The van der Waals surface area contributed by atoms with Crippen LogP contribution in [0.15, 0.2) is 60.0 Å². The number of carbonyl (C=O) groups excluding carboxylic acids is 3. The van der Waals surface area contributed by atoms with Gasteiger partial charge in [-0.3, -0.25) is 9.59 Å². The molecule has 0 aliphatic carbocycles. The van der Waals surface area contributed by atoms with Gasteiger partial charge in [0.15, 0.2) is 5.13 Å². The highest BCUT2D eigenvalue weighted by atomic mass is 32.1. The van der Waals surface area contributed by atoms with Gasteiger partial charge < -0.3 is 20.5 Å². The van der Waals surface area contributed by atoms with E-state index in [9.17, 15) is 19.5 Å². The molecule has 4 amide bonds. The molecule has 0 saturated carbocycles. The van der Waals surface area contributed by atoms with Crippen molar-refractivity contribution in [2.24, 2.45) is 0 Å². The molecule has 2 aromatic carbocycles. The van der Waals surface area contributed by atoms with Crippen molar-refractivity contribution in [2.45, 2.75) is 38.0 Å². The SMILES string of the molecule is COc1ccc([C@H]2NC(=O)N(C(C(=O)Nc3nc(C(C)O)cs3)C(C)c3ccccc3)C2=O)cc1. The van der Waals surface area contributed by atoms with Gasteiger partial charge >= 0.3 is 6.03 Å². The van der Waals surface area contributed by atoms with E-state index in [4.69, 9.17) is 4.74 Å². The van der Waals surface area contributed by atoms with E-state index in [0.29, 0.717) is 17.0 Å². The van der Waals surface area contributed by atoms with Crippen molar-refractivity contribution in [1.29, 1.82) is 0 Å². The van der Waals surface area contributed by atoms with Crippen molar-refractivity contribution in [3.63, 3.8) is 0 Å². The van der Waals surface area contributed by atoms with Gasteiger partial charge in [-0.05, 0) is 30.2 Å². The summed E-state index contributed by atoms with van der Waals surface area (Å²) in [4.78, 5) is 45.3. The van der Waals surface area contributed by atoms with Gasteiger partial charge in [0.2, 0.25) is 5.91 Å². The smallest absolute Gasteiger partial charge is 0.325 e. The number of anilines is 1. The lowest BCUT2D eigenvalue weighted by Gasteiger charge is -2.29. The van der Waals surface area contributed by atoms with Crippen LogP contribution in [0, 0.1) is 0 Å². The average molecular weight is 495 g/mol. The molecule has 1 aromatic heterocycles. The van der Waals surface area contributed by atoms with Crippen LogP contribution in [-0.4, -0.2) is 46.0 Å². The topological polar surface area (TPSA) is 121 Å². The summed E-state index contributed by atoms with van der Waals surface area (Å²) in [6.45, 7) is 3.37. The third-order valence-corrected chi connectivity index (χ3v) is 6.72. The molecule has 1 saturated heterocycles. The van der Waals surface area contributed by atoms with Crippen molar-refractivity contribution < 1.29 is 24.2 Å². The molecule has 4 atom stereocenters. The number of amides is 4. The Bertz CT molecular complexity index is 1210. The van der Waals surface area contributed by atoms with Gasteiger partial charge in [-0.15, -0.1) is 11.3 Å². The minimum atomic E-state index is -1.13. The van der Waals surface area contributed by atoms with Crippen molar-refractivity contribution in [1.82, 2.24) is 15.2 Å². The minimum absolute atomic E-state index is 0.273. The number of aromatic nitrogens is 1. The fraction of sp³-hybridized carbons (Fsp3) is 0.280. The molecule has 3 aromatic rings. The molecule has 0 spiro atoms. The zero-order valence-corrected chi connectivity index (χ0v) is 20.3. The third-order valence-electron chi connectivity index (χ3n) is 5.95. The van der Waals surface area contributed by atoms with Crippen LogP contribution in [0.5, 0.6) is 5.75 Å². The van der Waals surface area contributed by atoms with Crippen molar-refractivity contribution in [3.8, 4) is 5.75 Å². The van der Waals surface area contributed by atoms with Gasteiger partial charge in [-0.25, -0.2) is 14.7 Å². The lowest BCUT2D eigenvalue weighted by atomic mass is 9.91. The maximum absolute atomic E-state index is 13.5. The molecule has 1 aliphatic rings. The van der Waals surface area contributed by atoms with E-state index in [1.807, 2.05) is 30.3 Å². The van der Waals surface area contributed by atoms with E-state index < -0.39 is 42.0 Å². The highest BCUT2D eigenvalue weighted by Gasteiger charge is 2.47. The molecule has 0 radical (unpaired) electrons. The summed E-state index contributed by atoms with van der Waals surface area (Å²) in [5.74, 6) is -0.951. The number of nitrogens with one attached hydrogen (secondary N) is 2. The van der Waals surface area contributed by atoms with Crippen LogP contribution in [-0.2, 0) is 9.59 Å². The molecule has 3 unspecified atom stereocenters. The van der Waals surface area contributed by atoms with Crippen molar-refractivity contribution in [2.75, 3.05) is 12.4 Å². The Hall–Kier alpha value is -3.76. The van der Waals surface area contributed by atoms with Crippen LogP contribution in [0.4, 0.5) is 9.93 Å². The van der Waals surface area contributed by atoms with Gasteiger partial charge in [0.1, 0.15) is 17.8 Å². The van der Waals surface area contributed by atoms with Crippen LogP contribution in [0.3, 0.4) is 0 Å². The van der Waals surface area contributed by atoms with Crippen LogP contribution in [0.2, 0.25) is 0 Å². The van der Waals surface area contributed by atoms with Crippen LogP contribution >= 0.6 is 11.3 Å². The van der Waals surface area contributed by atoms with E-state index in [1.54, 1.807) is 50.6 Å². The number of benzene rings is 2. The lowest BCUT2D eigenvalue weighted by Crippen LogP contribution is -2.50. The molecule has 35 heavy (non-hydrogen) atoms. The molecule has 182 valence electrons. The number of hydrogen-bond acceptors (Lipinski definition) is 7. The quantitative estimate of drug-likeness (QED) is 0.412. The number of aliphatic hydroxyl groups excluding tert-OH is 1. The second-order valence-electron chi connectivity index (χ2n) is 8.25. The molecule has 3 N–H and O–H groups in total. The molecule has 10 heteroatoms. The molecule has 9 nitrogen and oxygen atoms in total. The molecule has 1 fully saturated rings. The summed E-state index contributed by atoms with van der Waals surface area (Å²) in [6.07, 6.45) is -0.785. The first kappa shape index (κ1) is 24.4. The number of nitrogens with zero attached hydrogens (tertiary/aromatic N) is 2. The maximum atomic E-state index is 13.5. The van der Waals surface area contributed by atoms with Crippen molar-refractivity contribution >= 4 is 34.3 Å². The van der Waals surface area contributed by atoms with Crippen LogP contribution in [0.1, 0.15) is 48.7 Å². The van der Waals surface area contributed by atoms with Gasteiger partial charge in [0.05, 0.1) is 18.9 Å². The number of imide groups is 1. The molecule has 1 aliphatic heterocycles. The fourth-order valence-electron chi connectivity index (χ4n) is 4.00. The van der Waals surface area contributed by atoms with Gasteiger partial charge in [0.25, 0.3) is 5.91 Å². The van der Waals surface area contributed by atoms with Crippen LogP contribution < -0.4 is 15.4 Å². The summed E-state index contributed by atoms with van der Waals surface area (Å²) in [5.41, 5.74) is 1.80. The van der Waals surface area contributed by atoms with Gasteiger partial charge in [-0.1, -0.05) is 49.4 Å². The number of urea groups is 1. The normalized spacial score (nSPS) is 18.1. The number of carbonyl (C=O) groups is 3. The Morgan fingerprint density at radius 3 is 2.43 bits per heavy atom. The van der Waals surface area contributed by atoms with Crippen molar-refractivity contribution in [3.05, 3.63) is 76.8 Å². The van der Waals surface area contributed by atoms with E-state index in [0.717, 1.165) is 21.8 Å². The standard InChI is InChI=1S/C25H26N4O5S/c1-14(16-7-5-4-6-8-16)21(22(31)28-24-26-19(13-35-24)15(2)30)29-23(32)20(27-25(29)33)17-9-11-18(34-3)12-10-17/h4-15,20-21,30H,1-3H3,(H,27,33)(H,26,28,31)/t14?,15?,20-,21?/m1/s1. The molecule has 2 heterocycles. The Morgan fingerprint density at radius 2 is 1.83 bits per heavy atom. The van der Waals surface area contributed by atoms with E-state index >= 15 is 0 Å². The Balaban J connectivity index is 1.66. The van der Waals surface area contributed by atoms with E-state index in [-0.39, 0.29) is 5.13 Å². The summed E-state index contributed by atoms with van der Waals surface area (Å²) in [5, 5.41) is 17.1. The second kappa shape index (κ2) is 10.2. The Labute approximate surface area is 206 Å². The molecular formula is C25H26N4O5S. The Kier molecular flexibility index (Phi) is 7.13. The van der Waals surface area contributed by atoms with E-state index in [1.165, 1.54) is 0 Å². The number of rotatable bonds is 8. The highest BCUT2D eigenvalue weighted by Crippen LogP contribution is 2.32. The molecule has 0 bridgehead atoms.